The number of hydrogen-bond donors (Lipinski definition) is 1. The quantitative estimate of drug-likeness (QED) is 0.774. The van der Waals surface area contributed by atoms with Crippen molar-refractivity contribution in [3.05, 3.63) is 41.1 Å². The summed E-state index contributed by atoms with van der Waals surface area (Å²) in [7, 11) is 0. The van der Waals surface area contributed by atoms with E-state index < -0.39 is 25.0 Å². The third kappa shape index (κ3) is 5.08. The molecule has 1 aromatic carbocycles. The van der Waals surface area contributed by atoms with Gasteiger partial charge >= 0.3 is 6.36 Å². The Hall–Kier alpha value is -3.26. The molecule has 3 heterocycles. The van der Waals surface area contributed by atoms with E-state index in [1.807, 2.05) is 0 Å². The number of carbonyl (C=O) groups excluding carboxylic acids is 1. The molecule has 2 aliphatic heterocycles. The topological polar surface area (TPSA) is 98.4 Å². The maximum atomic E-state index is 12.6. The highest BCUT2D eigenvalue weighted by molar-refractivity contribution is 5.92. The Kier molecular flexibility index (Phi) is 5.73. The van der Waals surface area contributed by atoms with Gasteiger partial charge in [-0.1, -0.05) is 0 Å². The minimum absolute atomic E-state index is 0.0791. The molecule has 0 saturated carbocycles. The zero-order valence-electron chi connectivity index (χ0n) is 16.3. The van der Waals surface area contributed by atoms with Crippen molar-refractivity contribution in [1.82, 2.24) is 15.1 Å². The predicted octanol–water partition coefficient (Wildman–Crippen LogP) is 2.57. The van der Waals surface area contributed by atoms with Crippen LogP contribution in [0.15, 0.2) is 24.3 Å². The lowest BCUT2D eigenvalue weighted by molar-refractivity contribution is -0.325. The lowest BCUT2D eigenvalue weighted by Gasteiger charge is -2.25. The summed E-state index contributed by atoms with van der Waals surface area (Å²) in [6.45, 7) is 0.221. The monoisotopic (exact) mass is 436 g/mol. The van der Waals surface area contributed by atoms with Crippen molar-refractivity contribution in [3.8, 4) is 17.7 Å². The van der Waals surface area contributed by atoms with Crippen LogP contribution in [0.2, 0.25) is 0 Å². The van der Waals surface area contributed by atoms with Crippen molar-refractivity contribution in [2.75, 3.05) is 13.2 Å². The fourth-order valence-electron chi connectivity index (χ4n) is 3.59. The molecule has 1 aromatic heterocycles. The van der Waals surface area contributed by atoms with Gasteiger partial charge in [0.25, 0.3) is 5.91 Å². The number of aromatic nitrogens is 2. The molecule has 1 amide bonds. The summed E-state index contributed by atoms with van der Waals surface area (Å²) in [5.41, 5.74) is 1.51. The molecule has 0 saturated heterocycles. The van der Waals surface area contributed by atoms with Crippen LogP contribution in [0, 0.1) is 11.3 Å². The number of fused-ring (bicyclic) bond motifs is 2. The molecular weight excluding hydrogens is 417 g/mol. The third-order valence-electron chi connectivity index (χ3n) is 5.06. The van der Waals surface area contributed by atoms with E-state index in [4.69, 9.17) is 14.7 Å². The summed E-state index contributed by atoms with van der Waals surface area (Å²) >= 11 is 0. The fourth-order valence-corrected chi connectivity index (χ4v) is 3.59. The average molecular weight is 436 g/mol. The molecule has 0 fully saturated rings. The van der Waals surface area contributed by atoms with E-state index in [-0.39, 0.29) is 24.8 Å². The standard InChI is InChI=1S/C20H19F3N4O4/c21-20(22,23)30-6-4-15-3-5-27-18(31-15)9-16(26-27)19(28)25-14-8-13-7-12(10-24)1-2-17(13)29-11-14/h1-2,7,9,14-15H,3-6,8,11H2,(H,25,28)/t14-,15-/m1/s1. The van der Waals surface area contributed by atoms with E-state index in [0.29, 0.717) is 36.6 Å². The zero-order valence-corrected chi connectivity index (χ0v) is 16.3. The van der Waals surface area contributed by atoms with Crippen molar-refractivity contribution < 1.29 is 32.2 Å². The third-order valence-corrected chi connectivity index (χ3v) is 5.06. The SMILES string of the molecule is N#Cc1ccc2c(c1)C[C@@H](NC(=O)c1cc3n(n1)CC[C@H](CCOC(F)(F)F)O3)CO2. The number of alkyl halides is 3. The Morgan fingerprint density at radius 1 is 1.39 bits per heavy atom. The highest BCUT2D eigenvalue weighted by Crippen LogP contribution is 2.27. The van der Waals surface area contributed by atoms with Gasteiger partial charge in [0.05, 0.1) is 24.3 Å². The molecule has 164 valence electrons. The van der Waals surface area contributed by atoms with Crippen LogP contribution >= 0.6 is 0 Å². The van der Waals surface area contributed by atoms with Gasteiger partial charge in [-0.3, -0.25) is 9.53 Å². The summed E-state index contributed by atoms with van der Waals surface area (Å²) < 4.78 is 53.0. The van der Waals surface area contributed by atoms with Crippen molar-refractivity contribution in [2.24, 2.45) is 0 Å². The molecule has 0 spiro atoms. The highest BCUT2D eigenvalue weighted by Gasteiger charge is 2.31. The molecule has 0 radical (unpaired) electrons. The van der Waals surface area contributed by atoms with Gasteiger partial charge < -0.3 is 14.8 Å². The number of rotatable bonds is 5. The molecule has 31 heavy (non-hydrogen) atoms. The van der Waals surface area contributed by atoms with Crippen LogP contribution in [0.4, 0.5) is 13.2 Å². The maximum Gasteiger partial charge on any atom is 0.522 e. The normalized spacial score (nSPS) is 19.9. The van der Waals surface area contributed by atoms with Crippen molar-refractivity contribution >= 4 is 5.91 Å². The van der Waals surface area contributed by atoms with Crippen molar-refractivity contribution in [3.63, 3.8) is 0 Å². The number of ether oxygens (including phenoxy) is 3. The Morgan fingerprint density at radius 2 is 2.23 bits per heavy atom. The van der Waals surface area contributed by atoms with Gasteiger partial charge in [0.15, 0.2) is 5.69 Å². The van der Waals surface area contributed by atoms with Gasteiger partial charge in [0.1, 0.15) is 18.5 Å². The van der Waals surface area contributed by atoms with E-state index in [2.05, 4.69) is 21.2 Å². The summed E-state index contributed by atoms with van der Waals surface area (Å²) in [5.74, 6) is 0.615. The molecule has 0 aliphatic carbocycles. The number of halogens is 3. The average Bonchev–Trinajstić information content (AvgIpc) is 3.16. The lowest BCUT2D eigenvalue weighted by Crippen LogP contribution is -2.42. The van der Waals surface area contributed by atoms with Crippen LogP contribution in [-0.2, 0) is 17.7 Å². The molecule has 2 aromatic rings. The zero-order chi connectivity index (χ0) is 22.0. The smallest absolute Gasteiger partial charge is 0.491 e. The van der Waals surface area contributed by atoms with E-state index in [0.717, 1.165) is 5.56 Å². The number of benzene rings is 1. The second kappa shape index (κ2) is 8.47. The molecule has 8 nitrogen and oxygen atoms in total. The fraction of sp³-hybridized carbons (Fsp3) is 0.450. The molecule has 2 aliphatic rings. The molecule has 0 unspecified atom stereocenters. The molecule has 1 N–H and O–H groups in total. The molecular formula is C20H19F3N4O4. The molecule has 4 rings (SSSR count). The first-order valence-corrected chi connectivity index (χ1v) is 9.72. The largest absolute Gasteiger partial charge is 0.522 e. The number of aryl methyl sites for hydroxylation is 1. The molecule has 2 atom stereocenters. The predicted molar refractivity (Wildman–Crippen MR) is 99.5 cm³/mol. The van der Waals surface area contributed by atoms with Crippen molar-refractivity contribution in [2.45, 2.75) is 44.3 Å². The minimum atomic E-state index is -4.67. The first kappa shape index (κ1) is 21.0. The van der Waals surface area contributed by atoms with Crippen LogP contribution < -0.4 is 14.8 Å². The summed E-state index contributed by atoms with van der Waals surface area (Å²) in [6.07, 6.45) is -4.05. The van der Waals surface area contributed by atoms with Crippen LogP contribution in [0.1, 0.15) is 34.5 Å². The van der Waals surface area contributed by atoms with E-state index >= 15 is 0 Å². The molecule has 11 heteroatoms. The Bertz CT molecular complexity index is 1010. The van der Waals surface area contributed by atoms with Crippen molar-refractivity contribution in [1.29, 1.82) is 5.26 Å². The summed E-state index contributed by atoms with van der Waals surface area (Å²) in [6, 6.07) is 8.41. The van der Waals surface area contributed by atoms with Crippen LogP contribution in [0.3, 0.4) is 0 Å². The number of nitrogens with one attached hydrogen (secondary N) is 1. The van der Waals surface area contributed by atoms with E-state index in [1.54, 1.807) is 18.2 Å². The lowest BCUT2D eigenvalue weighted by atomic mass is 10.0. The number of amides is 1. The highest BCUT2D eigenvalue weighted by atomic mass is 19.4. The minimum Gasteiger partial charge on any atom is -0.491 e. The van der Waals surface area contributed by atoms with E-state index in [1.165, 1.54) is 10.7 Å². The summed E-state index contributed by atoms with van der Waals surface area (Å²) in [4.78, 5) is 12.6. The first-order chi connectivity index (χ1) is 14.8. The second-order valence-electron chi connectivity index (χ2n) is 7.32. The molecule has 0 bridgehead atoms. The van der Waals surface area contributed by atoms with Gasteiger partial charge in [-0.25, -0.2) is 4.68 Å². The Morgan fingerprint density at radius 3 is 3.00 bits per heavy atom. The Balaban J connectivity index is 1.34. The number of hydrogen-bond acceptors (Lipinski definition) is 6. The Labute approximate surface area is 175 Å². The van der Waals surface area contributed by atoms with Gasteiger partial charge in [-0.2, -0.15) is 10.4 Å². The number of nitrogens with zero attached hydrogens (tertiary/aromatic N) is 3. The summed E-state index contributed by atoms with van der Waals surface area (Å²) in [5, 5.41) is 16.1. The van der Waals surface area contributed by atoms with Gasteiger partial charge in [0.2, 0.25) is 5.88 Å². The van der Waals surface area contributed by atoms with Crippen LogP contribution in [-0.4, -0.2) is 47.4 Å². The second-order valence-corrected chi connectivity index (χ2v) is 7.32. The van der Waals surface area contributed by atoms with Gasteiger partial charge in [-0.05, 0) is 30.2 Å². The van der Waals surface area contributed by atoms with Crippen LogP contribution in [0.5, 0.6) is 11.6 Å². The van der Waals surface area contributed by atoms with Crippen LogP contribution in [0.25, 0.3) is 0 Å². The van der Waals surface area contributed by atoms with Gasteiger partial charge in [0, 0.05) is 25.5 Å². The van der Waals surface area contributed by atoms with Gasteiger partial charge in [-0.15, -0.1) is 13.2 Å². The number of nitriles is 1. The maximum absolute atomic E-state index is 12.6. The first-order valence-electron chi connectivity index (χ1n) is 9.72. The van der Waals surface area contributed by atoms with E-state index in [9.17, 15) is 18.0 Å². The number of carbonyl (C=O) groups is 1.